The van der Waals surface area contributed by atoms with Gasteiger partial charge in [0.25, 0.3) is 0 Å². The molecule has 88 valence electrons. The van der Waals surface area contributed by atoms with E-state index in [9.17, 15) is 9.59 Å². The van der Waals surface area contributed by atoms with Crippen molar-refractivity contribution in [2.45, 2.75) is 38.3 Å². The fourth-order valence-electron chi connectivity index (χ4n) is 1.38. The monoisotopic (exact) mass is 225 g/mol. The zero-order valence-electron chi connectivity index (χ0n) is 9.53. The second-order valence-electron chi connectivity index (χ2n) is 4.83. The van der Waals surface area contributed by atoms with Gasteiger partial charge in [-0.05, 0) is 27.2 Å². The molecule has 1 saturated carbocycles. The van der Waals surface area contributed by atoms with E-state index in [0.717, 1.165) is 0 Å². The molecule has 5 nitrogen and oxygen atoms in total. The SMILES string of the molecule is C#CC1CC1(NC(=O)OC(C)(C)C)C(=O)O. The van der Waals surface area contributed by atoms with Gasteiger partial charge in [-0.1, -0.05) is 0 Å². The van der Waals surface area contributed by atoms with E-state index in [-0.39, 0.29) is 6.42 Å². The van der Waals surface area contributed by atoms with Crippen molar-refractivity contribution in [2.24, 2.45) is 5.92 Å². The molecule has 1 fully saturated rings. The molecule has 2 N–H and O–H groups in total. The van der Waals surface area contributed by atoms with Crippen LogP contribution in [0.25, 0.3) is 0 Å². The van der Waals surface area contributed by atoms with Gasteiger partial charge in [0, 0.05) is 0 Å². The highest BCUT2D eigenvalue weighted by Gasteiger charge is 2.61. The molecule has 2 atom stereocenters. The molecule has 1 aliphatic carbocycles. The Bertz CT molecular complexity index is 363. The van der Waals surface area contributed by atoms with Crippen LogP contribution in [0.4, 0.5) is 4.79 Å². The molecular weight excluding hydrogens is 210 g/mol. The summed E-state index contributed by atoms with van der Waals surface area (Å²) < 4.78 is 4.97. The van der Waals surface area contributed by atoms with Crippen molar-refractivity contribution in [3.8, 4) is 12.3 Å². The summed E-state index contributed by atoms with van der Waals surface area (Å²) >= 11 is 0. The summed E-state index contributed by atoms with van der Waals surface area (Å²) in [6.45, 7) is 5.10. The highest BCUT2D eigenvalue weighted by molar-refractivity contribution is 5.89. The van der Waals surface area contributed by atoms with Crippen molar-refractivity contribution in [1.82, 2.24) is 5.32 Å². The van der Waals surface area contributed by atoms with Gasteiger partial charge in [0.1, 0.15) is 5.60 Å². The second-order valence-corrected chi connectivity index (χ2v) is 4.83. The number of alkyl carbamates (subject to hydrolysis) is 1. The number of terminal acetylenes is 1. The van der Waals surface area contributed by atoms with Crippen LogP contribution >= 0.6 is 0 Å². The summed E-state index contributed by atoms with van der Waals surface area (Å²) in [4.78, 5) is 22.4. The number of carboxylic acids is 1. The Labute approximate surface area is 94.2 Å². The first kappa shape index (κ1) is 12.4. The standard InChI is InChI=1S/C11H15NO4/c1-5-7-6-11(7,8(13)14)12-9(15)16-10(2,3)4/h1,7H,6H2,2-4H3,(H,12,15)(H,13,14). The lowest BCUT2D eigenvalue weighted by Crippen LogP contribution is -2.46. The molecule has 0 aromatic heterocycles. The normalized spacial score (nSPS) is 27.8. The lowest BCUT2D eigenvalue weighted by atomic mass is 10.2. The molecular formula is C11H15NO4. The Morgan fingerprint density at radius 2 is 2.12 bits per heavy atom. The minimum Gasteiger partial charge on any atom is -0.479 e. The Morgan fingerprint density at radius 3 is 2.44 bits per heavy atom. The van der Waals surface area contributed by atoms with Crippen LogP contribution in [-0.4, -0.2) is 28.3 Å². The number of nitrogens with one attached hydrogen (secondary N) is 1. The van der Waals surface area contributed by atoms with Crippen LogP contribution < -0.4 is 5.32 Å². The first-order chi connectivity index (χ1) is 7.21. The Kier molecular flexibility index (Phi) is 2.87. The van der Waals surface area contributed by atoms with E-state index in [0.29, 0.717) is 0 Å². The zero-order valence-corrected chi connectivity index (χ0v) is 9.53. The van der Waals surface area contributed by atoms with Crippen LogP contribution in [0.5, 0.6) is 0 Å². The number of amides is 1. The number of ether oxygens (including phenoxy) is 1. The molecule has 0 heterocycles. The van der Waals surface area contributed by atoms with Crippen molar-refractivity contribution in [3.05, 3.63) is 0 Å². The van der Waals surface area contributed by atoms with Crippen LogP contribution in [0.1, 0.15) is 27.2 Å². The van der Waals surface area contributed by atoms with Gasteiger partial charge in [0.05, 0.1) is 5.92 Å². The Hall–Kier alpha value is -1.70. The maximum atomic E-state index is 11.4. The minimum absolute atomic E-state index is 0.248. The zero-order chi connectivity index (χ0) is 12.6. The molecule has 16 heavy (non-hydrogen) atoms. The summed E-state index contributed by atoms with van der Waals surface area (Å²) in [6.07, 6.45) is 4.64. The summed E-state index contributed by atoms with van der Waals surface area (Å²) in [5.74, 6) is 0.744. The van der Waals surface area contributed by atoms with Gasteiger partial charge in [0.2, 0.25) is 0 Å². The summed E-state index contributed by atoms with van der Waals surface area (Å²) in [7, 11) is 0. The third-order valence-corrected chi connectivity index (χ3v) is 2.27. The average Bonchev–Trinajstić information content (AvgIpc) is 2.76. The molecule has 0 aliphatic heterocycles. The minimum atomic E-state index is -1.34. The van der Waals surface area contributed by atoms with Crippen molar-refractivity contribution >= 4 is 12.1 Å². The molecule has 2 unspecified atom stereocenters. The van der Waals surface area contributed by atoms with Crippen LogP contribution in [0, 0.1) is 18.3 Å². The molecule has 0 spiro atoms. The van der Waals surface area contributed by atoms with Gasteiger partial charge in [-0.25, -0.2) is 9.59 Å². The van der Waals surface area contributed by atoms with E-state index in [1.165, 1.54) is 0 Å². The van der Waals surface area contributed by atoms with Gasteiger partial charge < -0.3 is 15.2 Å². The molecule has 0 saturated heterocycles. The summed E-state index contributed by atoms with van der Waals surface area (Å²) in [5.41, 5.74) is -2.00. The fraction of sp³-hybridized carbons (Fsp3) is 0.636. The van der Waals surface area contributed by atoms with Crippen LogP contribution in [0.15, 0.2) is 0 Å². The molecule has 0 aromatic carbocycles. The van der Waals surface area contributed by atoms with Crippen molar-refractivity contribution in [3.63, 3.8) is 0 Å². The highest BCUT2D eigenvalue weighted by atomic mass is 16.6. The maximum absolute atomic E-state index is 11.4. The Morgan fingerprint density at radius 1 is 1.56 bits per heavy atom. The molecule has 5 heteroatoms. The number of rotatable bonds is 2. The Balaban J connectivity index is 2.64. The number of carbonyl (C=O) groups excluding carboxylic acids is 1. The largest absolute Gasteiger partial charge is 0.479 e. The maximum Gasteiger partial charge on any atom is 0.408 e. The topological polar surface area (TPSA) is 75.6 Å². The summed E-state index contributed by atoms with van der Waals surface area (Å²) in [5, 5.41) is 11.3. The van der Waals surface area contributed by atoms with E-state index in [1.807, 2.05) is 0 Å². The number of carbonyl (C=O) groups is 2. The lowest BCUT2D eigenvalue weighted by molar-refractivity contribution is -0.141. The van der Waals surface area contributed by atoms with Crippen molar-refractivity contribution in [1.29, 1.82) is 0 Å². The fourth-order valence-corrected chi connectivity index (χ4v) is 1.38. The van der Waals surface area contributed by atoms with Crippen LogP contribution in [-0.2, 0) is 9.53 Å². The molecule has 0 radical (unpaired) electrons. The quantitative estimate of drug-likeness (QED) is 0.687. The average molecular weight is 225 g/mol. The summed E-state index contributed by atoms with van der Waals surface area (Å²) in [6, 6.07) is 0. The van der Waals surface area contributed by atoms with E-state index < -0.39 is 29.1 Å². The van der Waals surface area contributed by atoms with E-state index in [1.54, 1.807) is 20.8 Å². The number of aliphatic carboxylic acids is 1. The van der Waals surface area contributed by atoms with Crippen molar-refractivity contribution < 1.29 is 19.4 Å². The molecule has 1 amide bonds. The number of carboxylic acid groups (broad SMARTS) is 1. The molecule has 0 bridgehead atoms. The van der Waals surface area contributed by atoms with Gasteiger partial charge >= 0.3 is 12.1 Å². The third-order valence-electron chi connectivity index (χ3n) is 2.27. The highest BCUT2D eigenvalue weighted by Crippen LogP contribution is 2.43. The number of hydrogen-bond donors (Lipinski definition) is 2. The second kappa shape index (κ2) is 3.71. The van der Waals surface area contributed by atoms with Gasteiger partial charge in [0.15, 0.2) is 5.54 Å². The van der Waals surface area contributed by atoms with Gasteiger partial charge in [-0.2, -0.15) is 0 Å². The van der Waals surface area contributed by atoms with Gasteiger partial charge in [-0.15, -0.1) is 12.3 Å². The first-order valence-corrected chi connectivity index (χ1v) is 4.92. The molecule has 1 aliphatic rings. The molecule has 0 aromatic rings. The van der Waals surface area contributed by atoms with Crippen LogP contribution in [0.2, 0.25) is 0 Å². The van der Waals surface area contributed by atoms with E-state index in [2.05, 4.69) is 11.2 Å². The molecule has 1 rings (SSSR count). The van der Waals surface area contributed by atoms with E-state index in [4.69, 9.17) is 16.3 Å². The predicted molar refractivity (Wildman–Crippen MR) is 56.7 cm³/mol. The number of hydrogen-bond acceptors (Lipinski definition) is 3. The first-order valence-electron chi connectivity index (χ1n) is 4.92. The van der Waals surface area contributed by atoms with Crippen LogP contribution in [0.3, 0.4) is 0 Å². The van der Waals surface area contributed by atoms with Crippen molar-refractivity contribution in [2.75, 3.05) is 0 Å². The third kappa shape index (κ3) is 2.45. The van der Waals surface area contributed by atoms with Gasteiger partial charge in [-0.3, -0.25) is 0 Å². The smallest absolute Gasteiger partial charge is 0.408 e. The van der Waals surface area contributed by atoms with E-state index >= 15 is 0 Å². The predicted octanol–water partition coefficient (Wildman–Crippen LogP) is 0.988. The lowest BCUT2D eigenvalue weighted by Gasteiger charge is -2.21.